The summed E-state index contributed by atoms with van der Waals surface area (Å²) in [7, 11) is 0. The summed E-state index contributed by atoms with van der Waals surface area (Å²) in [5, 5.41) is 17.7. The van der Waals surface area contributed by atoms with E-state index in [-0.39, 0.29) is 8.80 Å². The molecule has 0 atom stereocenters. The molecule has 8 nitrogen and oxygen atoms in total. The second kappa shape index (κ2) is 4.92. The Morgan fingerprint density at radius 3 is 1.27 bits per heavy atom. The molecule has 3 aromatic rings. The highest BCUT2D eigenvalue weighted by atomic mass is 19.4. The Balaban J connectivity index is 2.91. The molecular formula is C12F6N6O2. The zero-order chi connectivity index (χ0) is 19.6. The Labute approximate surface area is 136 Å². The highest BCUT2D eigenvalue weighted by molar-refractivity contribution is 5.66. The largest absolute Gasteiger partial charge is 0.434 e. The average molecular weight is 374 g/mol. The quantitative estimate of drug-likeness (QED) is 0.541. The number of fused-ring (bicyclic) bond motifs is 2. The molecule has 0 fully saturated rings. The van der Waals surface area contributed by atoms with Crippen molar-refractivity contribution in [1.29, 1.82) is 10.5 Å². The first-order valence-corrected chi connectivity index (χ1v) is 6.23. The van der Waals surface area contributed by atoms with E-state index in [4.69, 9.17) is 10.5 Å². The number of nitrogens with zero attached hydrogens (tertiary/aromatic N) is 6. The lowest BCUT2D eigenvalue weighted by atomic mass is 10.2. The summed E-state index contributed by atoms with van der Waals surface area (Å²) in [5.41, 5.74) is -11.0. The Bertz CT molecular complexity index is 1170. The first kappa shape index (κ1) is 17.2. The normalized spacial score (nSPS) is 12.5. The van der Waals surface area contributed by atoms with Gasteiger partial charge in [-0.3, -0.25) is 18.4 Å². The summed E-state index contributed by atoms with van der Waals surface area (Å²) in [5.74, 6) is -2.60. The van der Waals surface area contributed by atoms with Crippen LogP contribution in [-0.4, -0.2) is 18.8 Å². The summed E-state index contributed by atoms with van der Waals surface area (Å²) in [6.07, 6.45) is -11.0. The maximum atomic E-state index is 13.5. The number of halogens is 6. The van der Waals surface area contributed by atoms with E-state index in [2.05, 4.69) is 9.97 Å². The summed E-state index contributed by atoms with van der Waals surface area (Å²) in [6, 6.07) is 2.15. The molecule has 0 N–H and O–H groups in total. The van der Waals surface area contributed by atoms with Gasteiger partial charge >= 0.3 is 12.4 Å². The van der Waals surface area contributed by atoms with Crippen molar-refractivity contribution < 1.29 is 26.3 Å². The fourth-order valence-corrected chi connectivity index (χ4v) is 2.54. The van der Waals surface area contributed by atoms with E-state index in [9.17, 15) is 35.9 Å². The Morgan fingerprint density at radius 1 is 0.731 bits per heavy atom. The van der Waals surface area contributed by atoms with Gasteiger partial charge in [0.2, 0.25) is 11.6 Å². The van der Waals surface area contributed by atoms with E-state index >= 15 is 0 Å². The number of rotatable bonds is 0. The summed E-state index contributed by atoms with van der Waals surface area (Å²) >= 11 is 0. The molecular weight excluding hydrogens is 374 g/mol. The highest BCUT2D eigenvalue weighted by Gasteiger charge is 2.46. The van der Waals surface area contributed by atoms with Crippen molar-refractivity contribution in [3.63, 3.8) is 0 Å². The summed E-state index contributed by atoms with van der Waals surface area (Å²) in [4.78, 5) is 29.4. The molecule has 3 rings (SSSR count). The van der Waals surface area contributed by atoms with Gasteiger partial charge in [-0.15, -0.1) is 0 Å². The summed E-state index contributed by atoms with van der Waals surface area (Å²) in [6.45, 7) is 0. The summed E-state index contributed by atoms with van der Waals surface area (Å²) < 4.78 is 80.2. The predicted molar refractivity (Wildman–Crippen MR) is 67.1 cm³/mol. The minimum Gasteiger partial charge on any atom is -0.272 e. The van der Waals surface area contributed by atoms with Gasteiger partial charge in [0.15, 0.2) is 11.4 Å². The van der Waals surface area contributed by atoms with Crippen LogP contribution in [0.1, 0.15) is 23.0 Å². The molecule has 14 heteroatoms. The van der Waals surface area contributed by atoms with Crippen molar-refractivity contribution in [2.24, 2.45) is 0 Å². The van der Waals surface area contributed by atoms with Gasteiger partial charge in [0.1, 0.15) is 23.2 Å². The Kier molecular flexibility index (Phi) is 3.24. The van der Waals surface area contributed by atoms with Gasteiger partial charge < -0.3 is 0 Å². The number of nitriles is 2. The van der Waals surface area contributed by atoms with E-state index in [1.165, 1.54) is 0 Å². The molecule has 0 saturated carbocycles. The maximum Gasteiger partial charge on any atom is 0.434 e. The predicted octanol–water partition coefficient (Wildman–Crippen LogP) is 0.921. The lowest BCUT2D eigenvalue weighted by molar-refractivity contribution is -0.145. The standard InChI is InChI=1S/C12F6N6O2/c13-11(14,15)7-6-10(26)22-4(2-20)24(6)8(12(16,17)18)5-9(25)21-3(1-19)23(5)7. The molecule has 0 saturated heterocycles. The fraction of sp³-hybridized carbons (Fsp3) is 0.167. The lowest BCUT2D eigenvalue weighted by Gasteiger charge is -2.17. The van der Waals surface area contributed by atoms with Gasteiger partial charge in [-0.25, -0.2) is 0 Å². The van der Waals surface area contributed by atoms with E-state index in [1.54, 1.807) is 0 Å². The number of imidazole rings is 2. The van der Waals surface area contributed by atoms with Crippen LogP contribution < -0.4 is 11.1 Å². The molecule has 26 heavy (non-hydrogen) atoms. The van der Waals surface area contributed by atoms with Crippen LogP contribution in [0.2, 0.25) is 0 Å². The van der Waals surface area contributed by atoms with E-state index in [1.807, 2.05) is 0 Å². The van der Waals surface area contributed by atoms with Crippen molar-refractivity contribution in [2.75, 3.05) is 0 Å². The van der Waals surface area contributed by atoms with Gasteiger partial charge in [0.25, 0.3) is 11.1 Å². The van der Waals surface area contributed by atoms with Crippen molar-refractivity contribution in [3.05, 3.63) is 43.7 Å². The molecule has 0 bridgehead atoms. The van der Waals surface area contributed by atoms with Gasteiger partial charge in [-0.2, -0.15) is 46.8 Å². The highest BCUT2D eigenvalue weighted by Crippen LogP contribution is 2.38. The van der Waals surface area contributed by atoms with Crippen LogP contribution in [0, 0.1) is 22.7 Å². The van der Waals surface area contributed by atoms with Gasteiger partial charge in [-0.1, -0.05) is 0 Å². The van der Waals surface area contributed by atoms with Gasteiger partial charge in [0, 0.05) is 0 Å². The van der Waals surface area contributed by atoms with Gasteiger partial charge in [-0.05, 0) is 0 Å². The molecule has 0 aromatic carbocycles. The number of alkyl halides is 6. The lowest BCUT2D eigenvalue weighted by Crippen LogP contribution is -2.25. The molecule has 0 aliphatic rings. The molecule has 0 amide bonds. The van der Waals surface area contributed by atoms with Crippen LogP contribution in [-0.2, 0) is 12.4 Å². The van der Waals surface area contributed by atoms with E-state index in [0.717, 1.165) is 12.1 Å². The van der Waals surface area contributed by atoms with E-state index < -0.39 is 57.5 Å². The third-order valence-electron chi connectivity index (χ3n) is 3.32. The first-order chi connectivity index (χ1) is 11.9. The van der Waals surface area contributed by atoms with Crippen molar-refractivity contribution in [1.82, 2.24) is 18.8 Å². The smallest absolute Gasteiger partial charge is 0.272 e. The average Bonchev–Trinajstić information content (AvgIpc) is 3.01. The third-order valence-corrected chi connectivity index (χ3v) is 3.32. The monoisotopic (exact) mass is 374 g/mol. The number of aromatic nitrogens is 4. The Hall–Kier alpha value is -3.68. The van der Waals surface area contributed by atoms with Crippen LogP contribution in [0.15, 0.2) is 9.59 Å². The van der Waals surface area contributed by atoms with Crippen molar-refractivity contribution in [3.8, 4) is 12.1 Å². The number of hydrogen-bond donors (Lipinski definition) is 0. The zero-order valence-corrected chi connectivity index (χ0v) is 11.8. The minimum absolute atomic E-state index is 0.384. The second-order valence-corrected chi connectivity index (χ2v) is 4.77. The van der Waals surface area contributed by atoms with Crippen LogP contribution in [0.5, 0.6) is 0 Å². The second-order valence-electron chi connectivity index (χ2n) is 4.77. The van der Waals surface area contributed by atoms with Crippen LogP contribution in [0.4, 0.5) is 26.3 Å². The third kappa shape index (κ3) is 2.08. The van der Waals surface area contributed by atoms with Crippen LogP contribution in [0.3, 0.4) is 0 Å². The van der Waals surface area contributed by atoms with Gasteiger partial charge in [0.05, 0.1) is 0 Å². The molecule has 3 heterocycles. The van der Waals surface area contributed by atoms with Crippen molar-refractivity contribution >= 4 is 11.0 Å². The molecule has 0 unspecified atom stereocenters. The molecule has 0 aliphatic carbocycles. The topological polar surface area (TPSA) is 116 Å². The van der Waals surface area contributed by atoms with E-state index in [0.29, 0.717) is 0 Å². The molecule has 132 valence electrons. The molecule has 0 aliphatic heterocycles. The minimum atomic E-state index is -5.48. The van der Waals surface area contributed by atoms with Crippen LogP contribution in [0.25, 0.3) is 11.0 Å². The zero-order valence-electron chi connectivity index (χ0n) is 11.8. The molecule has 0 spiro atoms. The maximum absolute atomic E-state index is 13.5. The first-order valence-electron chi connectivity index (χ1n) is 6.23. The number of hydrogen-bond acceptors (Lipinski definition) is 6. The Morgan fingerprint density at radius 2 is 1.04 bits per heavy atom. The van der Waals surface area contributed by atoms with Crippen molar-refractivity contribution in [2.45, 2.75) is 12.4 Å². The SMILES string of the molecule is N#Cc1nc(=O)c2c(C(F)(F)F)n3c(C#N)nc(=O)c3c(C(F)(F)F)n12. The van der Waals surface area contributed by atoms with Crippen LogP contribution >= 0.6 is 0 Å². The molecule has 0 radical (unpaired) electrons. The molecule has 3 aromatic heterocycles. The fourth-order valence-electron chi connectivity index (χ4n) is 2.54.